The summed E-state index contributed by atoms with van der Waals surface area (Å²) in [6.07, 6.45) is 5.49. The van der Waals surface area contributed by atoms with Crippen molar-refractivity contribution in [2.45, 2.75) is 24.7 Å². The van der Waals surface area contributed by atoms with Gasteiger partial charge < -0.3 is 24.4 Å². The summed E-state index contributed by atoms with van der Waals surface area (Å²) < 4.78 is 30.5. The lowest BCUT2D eigenvalue weighted by atomic mass is 10.0. The average molecular weight is 578 g/mol. The Morgan fingerprint density at radius 3 is 2.56 bits per heavy atom. The highest BCUT2D eigenvalue weighted by molar-refractivity contribution is 8.02. The number of terminal acetylenes is 1. The molecule has 2 aliphatic rings. The number of hydrogen-bond acceptors (Lipinski definition) is 8. The van der Waals surface area contributed by atoms with E-state index in [1.54, 1.807) is 35.7 Å². The number of methoxy groups -OCH3 is 1. The van der Waals surface area contributed by atoms with Crippen molar-refractivity contribution in [3.8, 4) is 29.5 Å². The third-order valence-corrected chi connectivity index (χ3v) is 7.58. The minimum absolute atomic E-state index is 0.0411. The Morgan fingerprint density at radius 1 is 1.22 bits per heavy atom. The van der Waals surface area contributed by atoms with Gasteiger partial charge in [0.1, 0.15) is 23.5 Å². The quantitative estimate of drug-likeness (QED) is 0.209. The van der Waals surface area contributed by atoms with Crippen molar-refractivity contribution < 1.29 is 33.0 Å². The van der Waals surface area contributed by atoms with Crippen molar-refractivity contribution in [1.82, 2.24) is 10.2 Å². The van der Waals surface area contributed by atoms with Crippen LogP contribution in [-0.4, -0.2) is 73.7 Å². The molecule has 1 spiro atoms. The molecule has 0 radical (unpaired) electrons. The molecule has 2 saturated heterocycles. The van der Waals surface area contributed by atoms with E-state index in [1.807, 2.05) is 6.07 Å². The average Bonchev–Trinajstić information content (AvgIpc) is 3.61. The third-order valence-electron chi connectivity index (χ3n) is 6.74. The van der Waals surface area contributed by atoms with Gasteiger partial charge in [0.2, 0.25) is 11.8 Å². The number of benzene rings is 2. The number of carbonyl (C=O) groups excluding carboxylic acids is 3. The summed E-state index contributed by atoms with van der Waals surface area (Å²) in [6, 6.07) is 12.4. The fraction of sp³-hybridized carbons (Fsp3) is 0.333. The van der Waals surface area contributed by atoms with E-state index in [-0.39, 0.29) is 42.3 Å². The molecule has 2 aromatic rings. The highest BCUT2D eigenvalue weighted by Crippen LogP contribution is 2.35. The van der Waals surface area contributed by atoms with Gasteiger partial charge in [-0.2, -0.15) is 5.26 Å². The number of allylic oxidation sites excluding steroid dienone is 1. The second-order valence-electron chi connectivity index (χ2n) is 9.36. The molecule has 2 heterocycles. The fourth-order valence-corrected chi connectivity index (χ4v) is 5.31. The predicted octanol–water partition coefficient (Wildman–Crippen LogP) is 3.06. The number of likely N-dealkylation sites (tertiary alicyclic amines) is 1. The molecule has 0 bridgehead atoms. The first-order valence-corrected chi connectivity index (χ1v) is 13.8. The first kappa shape index (κ1) is 29.8. The van der Waals surface area contributed by atoms with Crippen LogP contribution in [0.25, 0.3) is 11.1 Å². The zero-order valence-electron chi connectivity index (χ0n) is 22.4. The first-order chi connectivity index (χ1) is 19.8. The van der Waals surface area contributed by atoms with Crippen LogP contribution in [0.15, 0.2) is 53.4 Å². The number of halogens is 1. The molecule has 11 heteroatoms. The van der Waals surface area contributed by atoms with Crippen LogP contribution in [-0.2, 0) is 30.2 Å². The number of amides is 2. The van der Waals surface area contributed by atoms with Crippen LogP contribution in [0, 0.1) is 29.5 Å². The van der Waals surface area contributed by atoms with E-state index < -0.39 is 23.6 Å². The molecule has 2 aromatic carbocycles. The number of hydrogen-bond donors (Lipinski definition) is 1. The van der Waals surface area contributed by atoms with Gasteiger partial charge in [-0.25, -0.2) is 9.18 Å². The van der Waals surface area contributed by atoms with Crippen LogP contribution in [0.3, 0.4) is 0 Å². The molecule has 1 N–H and O–H groups in total. The number of carbonyl (C=O) groups is 3. The van der Waals surface area contributed by atoms with E-state index in [0.717, 1.165) is 0 Å². The molecule has 41 heavy (non-hydrogen) atoms. The van der Waals surface area contributed by atoms with Crippen LogP contribution < -0.4 is 5.32 Å². The number of ether oxygens (including phenoxy) is 3. The van der Waals surface area contributed by atoms with Gasteiger partial charge in [-0.1, -0.05) is 36.3 Å². The van der Waals surface area contributed by atoms with Crippen molar-refractivity contribution in [2.75, 3.05) is 39.2 Å². The molecular formula is C30H28FN3O6S. The number of nitrogens with zero attached hydrogens (tertiary/aromatic N) is 2. The summed E-state index contributed by atoms with van der Waals surface area (Å²) >= 11 is 1.31. The first-order valence-electron chi connectivity index (χ1n) is 12.8. The lowest BCUT2D eigenvalue weighted by Gasteiger charge is -2.24. The van der Waals surface area contributed by atoms with E-state index >= 15 is 0 Å². The van der Waals surface area contributed by atoms with Crippen molar-refractivity contribution in [1.29, 1.82) is 5.26 Å². The molecule has 212 valence electrons. The van der Waals surface area contributed by atoms with Gasteiger partial charge in [0.25, 0.3) is 0 Å². The van der Waals surface area contributed by atoms with Gasteiger partial charge in [0.05, 0.1) is 38.9 Å². The minimum Gasteiger partial charge on any atom is -0.465 e. The molecule has 2 amide bonds. The molecule has 4 rings (SSSR count). The van der Waals surface area contributed by atoms with Crippen LogP contribution in [0.2, 0.25) is 0 Å². The highest BCUT2D eigenvalue weighted by atomic mass is 32.2. The minimum atomic E-state index is -1.01. The lowest BCUT2D eigenvalue weighted by molar-refractivity contribution is -0.152. The normalized spacial score (nSPS) is 17.6. The van der Waals surface area contributed by atoms with Crippen LogP contribution in [0.5, 0.6) is 0 Å². The molecule has 1 unspecified atom stereocenters. The predicted molar refractivity (Wildman–Crippen MR) is 150 cm³/mol. The molecule has 2 aliphatic heterocycles. The topological polar surface area (TPSA) is 118 Å². The van der Waals surface area contributed by atoms with Crippen molar-refractivity contribution >= 4 is 29.5 Å². The summed E-state index contributed by atoms with van der Waals surface area (Å²) in [5.41, 5.74) is 2.05. The smallest absolute Gasteiger partial charge is 0.340 e. The Kier molecular flexibility index (Phi) is 9.79. The molecule has 0 aromatic heterocycles. The molecule has 9 nitrogen and oxygen atoms in total. The fourth-order valence-electron chi connectivity index (χ4n) is 4.69. The van der Waals surface area contributed by atoms with E-state index in [9.17, 15) is 18.8 Å². The Bertz CT molecular complexity index is 1410. The lowest BCUT2D eigenvalue weighted by Crippen LogP contribution is -2.47. The van der Waals surface area contributed by atoms with Gasteiger partial charge in [-0.3, -0.25) is 9.59 Å². The Hall–Kier alpha value is -4.16. The van der Waals surface area contributed by atoms with E-state index in [0.29, 0.717) is 42.2 Å². The number of nitrogens with one attached hydrogen (secondary N) is 1. The maximum Gasteiger partial charge on any atom is 0.340 e. The molecule has 1 atom stereocenters. The van der Waals surface area contributed by atoms with Gasteiger partial charge in [0, 0.05) is 18.7 Å². The maximum atomic E-state index is 14.4. The standard InChI is InChI=1S/C30H28FN3O6S/c1-3-20(17-32)18-41-13-10-33-28(36)26-16-30(39-11-12-40-30)19-34(26)27(35)14-21-4-6-22(7-5-21)23-8-9-24(25(31)15-23)29(37)38-2/h1,4-9,15,18,26H,10-14,16,19H2,2H3,(H,33,36)/b20-18+. The molecular weight excluding hydrogens is 549 g/mol. The summed E-state index contributed by atoms with van der Waals surface area (Å²) in [7, 11) is 1.19. The van der Waals surface area contributed by atoms with E-state index in [4.69, 9.17) is 21.2 Å². The Morgan fingerprint density at radius 2 is 1.93 bits per heavy atom. The molecule has 0 saturated carbocycles. The van der Waals surface area contributed by atoms with Crippen molar-refractivity contribution in [3.05, 3.63) is 70.4 Å². The monoisotopic (exact) mass is 577 g/mol. The van der Waals surface area contributed by atoms with E-state index in [2.05, 4.69) is 16.0 Å². The van der Waals surface area contributed by atoms with Crippen molar-refractivity contribution in [3.63, 3.8) is 0 Å². The highest BCUT2D eigenvalue weighted by Gasteiger charge is 2.52. The second kappa shape index (κ2) is 13.5. The summed E-state index contributed by atoms with van der Waals surface area (Å²) in [5, 5.41) is 13.3. The number of thioether (sulfide) groups is 1. The van der Waals surface area contributed by atoms with E-state index in [1.165, 1.54) is 35.9 Å². The summed E-state index contributed by atoms with van der Waals surface area (Å²) in [4.78, 5) is 39.6. The van der Waals surface area contributed by atoms with Gasteiger partial charge in [-0.15, -0.1) is 18.2 Å². The SMILES string of the molecule is C#C/C(C#N)=C\SCCNC(=O)C1CC2(CN1C(=O)Cc1ccc(-c3ccc(C(=O)OC)c(F)c3)cc1)OCCO2. The number of nitriles is 1. The summed E-state index contributed by atoms with van der Waals surface area (Å²) in [6.45, 7) is 1.23. The number of esters is 1. The van der Waals surface area contributed by atoms with Gasteiger partial charge in [-0.05, 0) is 34.2 Å². The largest absolute Gasteiger partial charge is 0.465 e. The van der Waals surface area contributed by atoms with Crippen LogP contribution in [0.1, 0.15) is 22.3 Å². The molecule has 2 fully saturated rings. The van der Waals surface area contributed by atoms with Crippen molar-refractivity contribution in [2.24, 2.45) is 0 Å². The van der Waals surface area contributed by atoms with Gasteiger partial charge in [0.15, 0.2) is 5.79 Å². The van der Waals surface area contributed by atoms with Crippen LogP contribution in [0.4, 0.5) is 4.39 Å². The van der Waals surface area contributed by atoms with Gasteiger partial charge >= 0.3 is 5.97 Å². The zero-order valence-corrected chi connectivity index (χ0v) is 23.2. The van der Waals surface area contributed by atoms with Crippen LogP contribution >= 0.6 is 11.8 Å². The Balaban J connectivity index is 1.40. The second-order valence-corrected chi connectivity index (χ2v) is 10.3. The third kappa shape index (κ3) is 7.14. The zero-order chi connectivity index (χ0) is 29.4. The molecule has 0 aliphatic carbocycles. The number of rotatable bonds is 9. The Labute approximate surface area is 241 Å². The maximum absolute atomic E-state index is 14.4. The summed E-state index contributed by atoms with van der Waals surface area (Å²) in [5.74, 6) is -0.248.